The van der Waals surface area contributed by atoms with Gasteiger partial charge >= 0.3 is 5.97 Å². The lowest BCUT2D eigenvalue weighted by Gasteiger charge is -2.25. The van der Waals surface area contributed by atoms with Crippen LogP contribution in [0.3, 0.4) is 0 Å². The highest BCUT2D eigenvalue weighted by Gasteiger charge is 2.18. The summed E-state index contributed by atoms with van der Waals surface area (Å²) < 4.78 is 0. The first-order valence-electron chi connectivity index (χ1n) is 6.05. The molecular weight excluding hydrogens is 248 g/mol. The van der Waals surface area contributed by atoms with E-state index in [9.17, 15) is 9.59 Å². The lowest BCUT2D eigenvalue weighted by Crippen LogP contribution is -2.40. The summed E-state index contributed by atoms with van der Waals surface area (Å²) in [4.78, 5) is 32.0. The Hall–Kier alpha value is -2.02. The predicted molar refractivity (Wildman–Crippen MR) is 69.6 cm³/mol. The molecule has 0 saturated heterocycles. The first kappa shape index (κ1) is 15.0. The van der Waals surface area contributed by atoms with E-state index >= 15 is 0 Å². The van der Waals surface area contributed by atoms with E-state index in [0.717, 1.165) is 0 Å². The Balaban J connectivity index is 2.51. The molecule has 19 heavy (non-hydrogen) atoms. The van der Waals surface area contributed by atoms with Gasteiger partial charge in [-0.3, -0.25) is 19.8 Å². The van der Waals surface area contributed by atoms with Crippen LogP contribution in [0.1, 0.15) is 20.3 Å². The number of aromatic nitrogens is 2. The third-order valence-corrected chi connectivity index (χ3v) is 2.66. The van der Waals surface area contributed by atoms with Crippen LogP contribution < -0.4 is 5.32 Å². The lowest BCUT2D eigenvalue weighted by molar-refractivity contribution is -0.138. The average molecular weight is 266 g/mol. The quantitative estimate of drug-likeness (QED) is 0.750. The van der Waals surface area contributed by atoms with Gasteiger partial charge in [-0.05, 0) is 19.5 Å². The topological polar surface area (TPSA) is 95.4 Å². The standard InChI is InChI=1S/C12H18N4O3/c1-3-16(9(2)7-11(18)19)8-10(17)15-12-13-5-4-6-14-12/h4-6,9H,3,7-8H2,1-2H3,(H,18,19)(H,13,14,15,17). The molecule has 7 nitrogen and oxygen atoms in total. The fourth-order valence-electron chi connectivity index (χ4n) is 1.67. The molecule has 0 aliphatic carbocycles. The zero-order valence-electron chi connectivity index (χ0n) is 11.0. The Morgan fingerprint density at radius 1 is 1.42 bits per heavy atom. The highest BCUT2D eigenvalue weighted by Crippen LogP contribution is 2.04. The van der Waals surface area contributed by atoms with Crippen molar-refractivity contribution in [3.05, 3.63) is 18.5 Å². The molecule has 0 aromatic carbocycles. The van der Waals surface area contributed by atoms with Gasteiger partial charge in [0.1, 0.15) is 0 Å². The fourth-order valence-corrected chi connectivity index (χ4v) is 1.67. The number of nitrogens with zero attached hydrogens (tertiary/aromatic N) is 3. The highest BCUT2D eigenvalue weighted by atomic mass is 16.4. The van der Waals surface area contributed by atoms with Crippen LogP contribution in [0.25, 0.3) is 0 Å². The first-order chi connectivity index (χ1) is 9.02. The minimum Gasteiger partial charge on any atom is -0.481 e. The SMILES string of the molecule is CCN(CC(=O)Nc1ncccn1)C(C)CC(=O)O. The molecule has 0 fully saturated rings. The number of anilines is 1. The molecule has 0 bridgehead atoms. The number of hydrogen-bond acceptors (Lipinski definition) is 5. The van der Waals surface area contributed by atoms with E-state index in [1.807, 2.05) is 6.92 Å². The minimum atomic E-state index is -0.877. The van der Waals surface area contributed by atoms with Gasteiger partial charge in [0.15, 0.2) is 0 Å². The Morgan fingerprint density at radius 2 is 2.05 bits per heavy atom. The zero-order valence-corrected chi connectivity index (χ0v) is 11.0. The molecule has 104 valence electrons. The molecule has 1 heterocycles. The number of aliphatic carboxylic acids is 1. The number of hydrogen-bond donors (Lipinski definition) is 2. The Morgan fingerprint density at radius 3 is 2.58 bits per heavy atom. The van der Waals surface area contributed by atoms with E-state index in [2.05, 4.69) is 15.3 Å². The van der Waals surface area contributed by atoms with Gasteiger partial charge < -0.3 is 5.11 Å². The average Bonchev–Trinajstić information content (AvgIpc) is 2.36. The van der Waals surface area contributed by atoms with E-state index in [1.54, 1.807) is 17.9 Å². The van der Waals surface area contributed by atoms with Crippen LogP contribution in [0.4, 0.5) is 5.95 Å². The van der Waals surface area contributed by atoms with Crippen LogP contribution in [0.2, 0.25) is 0 Å². The molecule has 1 aromatic heterocycles. The van der Waals surface area contributed by atoms with Crippen molar-refractivity contribution >= 4 is 17.8 Å². The molecule has 1 unspecified atom stereocenters. The molecule has 1 amide bonds. The molecule has 0 saturated carbocycles. The maximum Gasteiger partial charge on any atom is 0.304 e. The van der Waals surface area contributed by atoms with Crippen LogP contribution in [0, 0.1) is 0 Å². The highest BCUT2D eigenvalue weighted by molar-refractivity contribution is 5.90. The van der Waals surface area contributed by atoms with Crippen molar-refractivity contribution in [3.63, 3.8) is 0 Å². The number of carbonyl (C=O) groups is 2. The third-order valence-electron chi connectivity index (χ3n) is 2.66. The van der Waals surface area contributed by atoms with E-state index < -0.39 is 5.97 Å². The predicted octanol–water partition coefficient (Wildman–Crippen LogP) is 0.600. The summed E-state index contributed by atoms with van der Waals surface area (Å²) in [5, 5.41) is 11.3. The second kappa shape index (κ2) is 7.42. The van der Waals surface area contributed by atoms with E-state index in [1.165, 1.54) is 12.4 Å². The van der Waals surface area contributed by atoms with Crippen molar-refractivity contribution in [2.45, 2.75) is 26.3 Å². The lowest BCUT2D eigenvalue weighted by atomic mass is 10.2. The van der Waals surface area contributed by atoms with E-state index in [-0.39, 0.29) is 30.9 Å². The largest absolute Gasteiger partial charge is 0.481 e. The molecule has 1 atom stereocenters. The van der Waals surface area contributed by atoms with Crippen LogP contribution in [0.15, 0.2) is 18.5 Å². The van der Waals surface area contributed by atoms with Crippen molar-refractivity contribution < 1.29 is 14.7 Å². The maximum atomic E-state index is 11.8. The molecule has 7 heteroatoms. The van der Waals surface area contributed by atoms with Crippen molar-refractivity contribution in [1.82, 2.24) is 14.9 Å². The summed E-state index contributed by atoms with van der Waals surface area (Å²) in [6, 6.07) is 1.45. The molecule has 0 aliphatic rings. The van der Waals surface area contributed by atoms with Crippen molar-refractivity contribution in [3.8, 4) is 0 Å². The number of carbonyl (C=O) groups excluding carboxylic acids is 1. The maximum absolute atomic E-state index is 11.8. The summed E-state index contributed by atoms with van der Waals surface area (Å²) in [6.45, 7) is 4.37. The summed E-state index contributed by atoms with van der Waals surface area (Å²) in [6.07, 6.45) is 3.07. The van der Waals surface area contributed by atoms with Gasteiger partial charge in [0, 0.05) is 18.4 Å². The molecular formula is C12H18N4O3. The van der Waals surface area contributed by atoms with Crippen molar-refractivity contribution in [2.24, 2.45) is 0 Å². The summed E-state index contributed by atoms with van der Waals surface area (Å²) >= 11 is 0. The Kier molecular flexibility index (Phi) is 5.87. The first-order valence-corrected chi connectivity index (χ1v) is 6.05. The van der Waals surface area contributed by atoms with Gasteiger partial charge in [-0.25, -0.2) is 9.97 Å². The smallest absolute Gasteiger partial charge is 0.304 e. The molecule has 1 aromatic rings. The normalized spacial score (nSPS) is 12.2. The molecule has 2 N–H and O–H groups in total. The summed E-state index contributed by atoms with van der Waals surface area (Å²) in [5.41, 5.74) is 0. The second-order valence-corrected chi connectivity index (χ2v) is 4.13. The van der Waals surface area contributed by atoms with E-state index in [4.69, 9.17) is 5.11 Å². The Labute approximate surface area is 111 Å². The van der Waals surface area contributed by atoms with Gasteiger partial charge in [-0.2, -0.15) is 0 Å². The van der Waals surface area contributed by atoms with Crippen LogP contribution in [0.5, 0.6) is 0 Å². The van der Waals surface area contributed by atoms with Crippen molar-refractivity contribution in [1.29, 1.82) is 0 Å². The second-order valence-electron chi connectivity index (χ2n) is 4.13. The van der Waals surface area contributed by atoms with Gasteiger partial charge in [0.2, 0.25) is 11.9 Å². The third kappa shape index (κ3) is 5.43. The number of likely N-dealkylation sites (N-methyl/N-ethyl adjacent to an activating group) is 1. The number of carboxylic acids is 1. The fraction of sp³-hybridized carbons (Fsp3) is 0.500. The van der Waals surface area contributed by atoms with Gasteiger partial charge in [0.25, 0.3) is 0 Å². The molecule has 0 radical (unpaired) electrons. The number of rotatable bonds is 7. The molecule has 1 rings (SSSR count). The van der Waals surface area contributed by atoms with Gasteiger partial charge in [0.05, 0.1) is 13.0 Å². The number of carboxylic acid groups (broad SMARTS) is 1. The van der Waals surface area contributed by atoms with E-state index in [0.29, 0.717) is 6.54 Å². The molecule has 0 spiro atoms. The summed E-state index contributed by atoms with van der Waals surface area (Å²) in [5.74, 6) is -0.891. The van der Waals surface area contributed by atoms with Crippen LogP contribution in [-0.4, -0.2) is 51.0 Å². The van der Waals surface area contributed by atoms with Crippen LogP contribution >= 0.6 is 0 Å². The summed E-state index contributed by atoms with van der Waals surface area (Å²) in [7, 11) is 0. The zero-order chi connectivity index (χ0) is 14.3. The number of amides is 1. The Bertz CT molecular complexity index is 424. The van der Waals surface area contributed by atoms with Crippen molar-refractivity contribution in [2.75, 3.05) is 18.4 Å². The molecule has 0 aliphatic heterocycles. The monoisotopic (exact) mass is 266 g/mol. The van der Waals surface area contributed by atoms with Gasteiger partial charge in [-0.15, -0.1) is 0 Å². The minimum absolute atomic E-state index is 0.00293. The van der Waals surface area contributed by atoms with Gasteiger partial charge in [-0.1, -0.05) is 6.92 Å². The number of nitrogens with one attached hydrogen (secondary N) is 1. The van der Waals surface area contributed by atoms with Crippen LogP contribution in [-0.2, 0) is 9.59 Å².